The number of anilines is 1. The molecule has 0 saturated carbocycles. The number of hydrogen-bond acceptors (Lipinski definition) is 4. The number of hydrogen-bond donors (Lipinski definition) is 1. The summed E-state index contributed by atoms with van der Waals surface area (Å²) in [7, 11) is 0. The van der Waals surface area contributed by atoms with Gasteiger partial charge in [-0.3, -0.25) is 9.59 Å². The van der Waals surface area contributed by atoms with Crippen LogP contribution in [0.5, 0.6) is 5.75 Å². The highest BCUT2D eigenvalue weighted by Gasteiger charge is 2.31. The maximum Gasteiger partial charge on any atom is 0.267 e. The SMILES string of the molecule is Cc1nc2ccccc2n1CCCNC(=O)CCN1C(=O)C(C)Oc2ccccc21. The monoisotopic (exact) mass is 406 g/mol. The predicted molar refractivity (Wildman–Crippen MR) is 116 cm³/mol. The number of para-hydroxylation sites is 4. The van der Waals surface area contributed by atoms with Gasteiger partial charge in [-0.05, 0) is 44.5 Å². The molecule has 2 heterocycles. The van der Waals surface area contributed by atoms with Gasteiger partial charge in [-0.1, -0.05) is 24.3 Å². The summed E-state index contributed by atoms with van der Waals surface area (Å²) in [6.07, 6.45) is 0.513. The maximum atomic E-state index is 12.5. The van der Waals surface area contributed by atoms with Crippen LogP contribution in [0.2, 0.25) is 0 Å². The van der Waals surface area contributed by atoms with Gasteiger partial charge >= 0.3 is 0 Å². The number of amides is 2. The zero-order chi connectivity index (χ0) is 21.1. The molecule has 1 aliphatic rings. The van der Waals surface area contributed by atoms with Gasteiger partial charge in [0.25, 0.3) is 5.91 Å². The van der Waals surface area contributed by atoms with Crippen LogP contribution in [-0.2, 0) is 16.1 Å². The van der Waals surface area contributed by atoms with Crippen LogP contribution in [0.4, 0.5) is 5.69 Å². The molecule has 1 aromatic heterocycles. The minimum Gasteiger partial charge on any atom is -0.479 e. The van der Waals surface area contributed by atoms with E-state index in [4.69, 9.17) is 4.74 Å². The van der Waals surface area contributed by atoms with E-state index in [-0.39, 0.29) is 18.2 Å². The number of nitrogens with zero attached hydrogens (tertiary/aromatic N) is 3. The summed E-state index contributed by atoms with van der Waals surface area (Å²) in [6, 6.07) is 15.5. The van der Waals surface area contributed by atoms with Gasteiger partial charge < -0.3 is 19.5 Å². The van der Waals surface area contributed by atoms with Gasteiger partial charge in [-0.25, -0.2) is 4.98 Å². The maximum absolute atomic E-state index is 12.5. The van der Waals surface area contributed by atoms with Crippen LogP contribution in [0.3, 0.4) is 0 Å². The van der Waals surface area contributed by atoms with E-state index in [2.05, 4.69) is 20.9 Å². The lowest BCUT2D eigenvalue weighted by Crippen LogP contribution is -2.45. The second-order valence-corrected chi connectivity index (χ2v) is 7.47. The zero-order valence-electron chi connectivity index (χ0n) is 17.3. The second kappa shape index (κ2) is 8.57. The molecule has 7 heteroatoms. The molecule has 4 rings (SSSR count). The van der Waals surface area contributed by atoms with E-state index in [1.165, 1.54) is 0 Å². The van der Waals surface area contributed by atoms with Gasteiger partial charge in [0.2, 0.25) is 5.91 Å². The van der Waals surface area contributed by atoms with Gasteiger partial charge in [-0.15, -0.1) is 0 Å². The molecule has 0 spiro atoms. The number of fused-ring (bicyclic) bond motifs is 2. The summed E-state index contributed by atoms with van der Waals surface area (Å²) >= 11 is 0. The Kier molecular flexibility index (Phi) is 5.70. The lowest BCUT2D eigenvalue weighted by Gasteiger charge is -2.32. The number of aromatic nitrogens is 2. The lowest BCUT2D eigenvalue weighted by molar-refractivity contribution is -0.125. The molecule has 156 valence electrons. The molecule has 0 bridgehead atoms. The summed E-state index contributed by atoms with van der Waals surface area (Å²) in [6.45, 7) is 5.43. The molecule has 7 nitrogen and oxygen atoms in total. The molecule has 0 fully saturated rings. The van der Waals surface area contributed by atoms with Gasteiger partial charge in [0.1, 0.15) is 11.6 Å². The van der Waals surface area contributed by atoms with Crippen molar-refractivity contribution in [2.45, 2.75) is 39.3 Å². The molecule has 1 aliphatic heterocycles. The minimum absolute atomic E-state index is 0.0633. The van der Waals surface area contributed by atoms with Crippen LogP contribution in [0.25, 0.3) is 11.0 Å². The van der Waals surface area contributed by atoms with Crippen LogP contribution in [0.1, 0.15) is 25.6 Å². The third-order valence-electron chi connectivity index (χ3n) is 5.36. The van der Waals surface area contributed by atoms with Gasteiger partial charge in [0.15, 0.2) is 6.10 Å². The number of carbonyl (C=O) groups is 2. The number of benzene rings is 2. The third kappa shape index (κ3) is 4.01. The fraction of sp³-hybridized carbons (Fsp3) is 0.348. The zero-order valence-corrected chi connectivity index (χ0v) is 17.3. The Morgan fingerprint density at radius 3 is 2.77 bits per heavy atom. The molecule has 0 saturated heterocycles. The molecule has 0 aliphatic carbocycles. The fourth-order valence-electron chi connectivity index (χ4n) is 3.83. The normalized spacial score (nSPS) is 15.7. The van der Waals surface area contributed by atoms with Crippen LogP contribution in [0.15, 0.2) is 48.5 Å². The Bertz CT molecular complexity index is 1080. The summed E-state index contributed by atoms with van der Waals surface area (Å²) in [4.78, 5) is 31.0. The Morgan fingerprint density at radius 1 is 1.13 bits per heavy atom. The molecule has 3 aromatic rings. The molecule has 1 atom stereocenters. The fourth-order valence-corrected chi connectivity index (χ4v) is 3.83. The van der Waals surface area contributed by atoms with Crippen molar-refractivity contribution in [3.8, 4) is 5.75 Å². The van der Waals surface area contributed by atoms with E-state index in [1.54, 1.807) is 11.8 Å². The third-order valence-corrected chi connectivity index (χ3v) is 5.36. The van der Waals surface area contributed by atoms with Crippen LogP contribution < -0.4 is 15.0 Å². The van der Waals surface area contributed by atoms with Crippen molar-refractivity contribution in [1.29, 1.82) is 0 Å². The Morgan fingerprint density at radius 2 is 1.90 bits per heavy atom. The van der Waals surface area contributed by atoms with Crippen molar-refractivity contribution >= 4 is 28.5 Å². The lowest BCUT2D eigenvalue weighted by atomic mass is 10.1. The minimum atomic E-state index is -0.545. The van der Waals surface area contributed by atoms with Crippen molar-refractivity contribution in [1.82, 2.24) is 14.9 Å². The van der Waals surface area contributed by atoms with E-state index >= 15 is 0 Å². The predicted octanol–water partition coefficient (Wildman–Crippen LogP) is 3.06. The Labute approximate surface area is 175 Å². The highest BCUT2D eigenvalue weighted by Crippen LogP contribution is 2.33. The van der Waals surface area contributed by atoms with Gasteiger partial charge in [0, 0.05) is 26.1 Å². The largest absolute Gasteiger partial charge is 0.479 e. The topological polar surface area (TPSA) is 76.5 Å². The van der Waals surface area contributed by atoms with E-state index in [1.807, 2.05) is 49.4 Å². The summed E-state index contributed by atoms with van der Waals surface area (Å²) < 4.78 is 7.81. The van der Waals surface area contributed by atoms with Gasteiger partial charge in [0.05, 0.1) is 16.7 Å². The standard InChI is InChI=1S/C23H26N4O3/c1-16-23(29)27(20-10-5-6-11-21(20)30-16)15-12-22(28)24-13-7-14-26-17(2)25-18-8-3-4-9-19(18)26/h3-6,8-11,16H,7,12-15H2,1-2H3,(H,24,28). The highest BCUT2D eigenvalue weighted by atomic mass is 16.5. The van der Waals surface area contributed by atoms with Crippen molar-refractivity contribution < 1.29 is 14.3 Å². The van der Waals surface area contributed by atoms with Gasteiger partial charge in [-0.2, -0.15) is 0 Å². The Hall–Kier alpha value is -3.35. The number of aryl methyl sites for hydroxylation is 2. The molecule has 1 unspecified atom stereocenters. The highest BCUT2D eigenvalue weighted by molar-refractivity contribution is 6.00. The summed E-state index contributed by atoms with van der Waals surface area (Å²) in [5.41, 5.74) is 2.82. The average Bonchev–Trinajstić information content (AvgIpc) is 3.06. The first kappa shape index (κ1) is 19.9. The molecule has 2 aromatic carbocycles. The molecule has 0 radical (unpaired) electrons. The first-order valence-electron chi connectivity index (χ1n) is 10.3. The Balaban J connectivity index is 1.27. The number of imidazole rings is 1. The number of carbonyl (C=O) groups excluding carboxylic acids is 2. The number of nitrogens with one attached hydrogen (secondary N) is 1. The van der Waals surface area contributed by atoms with Crippen molar-refractivity contribution in [3.05, 3.63) is 54.4 Å². The van der Waals surface area contributed by atoms with Crippen LogP contribution >= 0.6 is 0 Å². The second-order valence-electron chi connectivity index (χ2n) is 7.47. The van der Waals surface area contributed by atoms with E-state index < -0.39 is 6.10 Å². The van der Waals surface area contributed by atoms with E-state index in [0.717, 1.165) is 35.5 Å². The van der Waals surface area contributed by atoms with Crippen molar-refractivity contribution in [2.75, 3.05) is 18.0 Å². The molecule has 1 N–H and O–H groups in total. The first-order valence-corrected chi connectivity index (χ1v) is 10.3. The van der Waals surface area contributed by atoms with Crippen LogP contribution in [0, 0.1) is 6.92 Å². The number of ether oxygens (including phenoxy) is 1. The molecular formula is C23H26N4O3. The van der Waals surface area contributed by atoms with Crippen molar-refractivity contribution in [3.63, 3.8) is 0 Å². The summed E-state index contributed by atoms with van der Waals surface area (Å²) in [5.74, 6) is 1.46. The van der Waals surface area contributed by atoms with E-state index in [9.17, 15) is 9.59 Å². The number of rotatable bonds is 7. The smallest absolute Gasteiger partial charge is 0.267 e. The van der Waals surface area contributed by atoms with Crippen molar-refractivity contribution in [2.24, 2.45) is 0 Å². The van der Waals surface area contributed by atoms with Crippen LogP contribution in [-0.4, -0.2) is 40.6 Å². The summed E-state index contributed by atoms with van der Waals surface area (Å²) in [5, 5.41) is 2.96. The average molecular weight is 406 g/mol. The molecule has 2 amide bonds. The first-order chi connectivity index (χ1) is 14.5. The quantitative estimate of drug-likeness (QED) is 0.612. The van der Waals surface area contributed by atoms with E-state index in [0.29, 0.717) is 18.8 Å². The molecule has 30 heavy (non-hydrogen) atoms. The molecular weight excluding hydrogens is 380 g/mol.